The normalized spacial score (nSPS) is 12.9. The first-order valence-corrected chi connectivity index (χ1v) is 4.12. The fourth-order valence-corrected chi connectivity index (χ4v) is 1.13. The Morgan fingerprint density at radius 1 is 1.38 bits per heavy atom. The summed E-state index contributed by atoms with van der Waals surface area (Å²) in [6.45, 7) is 0. The van der Waals surface area contributed by atoms with E-state index < -0.39 is 23.7 Å². The van der Waals surface area contributed by atoms with Crippen LogP contribution in [-0.4, -0.2) is 12.0 Å². The molecule has 1 atom stereocenters. The van der Waals surface area contributed by atoms with Crippen LogP contribution in [0.25, 0.3) is 0 Å². The standard InChI is InChI=1S/C10H5F4NO/c11-7-3-1-2-6(4-7)8(5-15)9(16)10(12,13)14/h1-4,8H/t8-/m1/s1. The molecule has 16 heavy (non-hydrogen) atoms. The highest BCUT2D eigenvalue weighted by Gasteiger charge is 2.44. The van der Waals surface area contributed by atoms with Gasteiger partial charge in [0.1, 0.15) is 11.7 Å². The van der Waals surface area contributed by atoms with Crippen molar-refractivity contribution in [1.29, 1.82) is 5.26 Å². The van der Waals surface area contributed by atoms with Crippen LogP contribution in [-0.2, 0) is 4.79 Å². The zero-order valence-corrected chi connectivity index (χ0v) is 7.75. The Morgan fingerprint density at radius 3 is 2.44 bits per heavy atom. The van der Waals surface area contributed by atoms with Gasteiger partial charge >= 0.3 is 6.18 Å². The van der Waals surface area contributed by atoms with Crippen molar-refractivity contribution in [3.8, 4) is 6.07 Å². The van der Waals surface area contributed by atoms with Crippen LogP contribution >= 0.6 is 0 Å². The van der Waals surface area contributed by atoms with E-state index in [1.54, 1.807) is 0 Å². The van der Waals surface area contributed by atoms with Crippen LogP contribution < -0.4 is 0 Å². The van der Waals surface area contributed by atoms with Gasteiger partial charge in [-0.25, -0.2) is 4.39 Å². The van der Waals surface area contributed by atoms with Crippen molar-refractivity contribution >= 4 is 5.78 Å². The minimum Gasteiger partial charge on any atom is -0.288 e. The zero-order chi connectivity index (χ0) is 12.3. The third-order valence-corrected chi connectivity index (χ3v) is 1.85. The number of rotatable bonds is 2. The summed E-state index contributed by atoms with van der Waals surface area (Å²) >= 11 is 0. The highest BCUT2D eigenvalue weighted by atomic mass is 19.4. The van der Waals surface area contributed by atoms with Gasteiger partial charge in [-0.1, -0.05) is 12.1 Å². The van der Waals surface area contributed by atoms with Gasteiger partial charge in [0.15, 0.2) is 0 Å². The molecule has 0 fully saturated rings. The molecule has 0 saturated carbocycles. The van der Waals surface area contributed by atoms with Crippen molar-refractivity contribution in [2.75, 3.05) is 0 Å². The predicted octanol–water partition coefficient (Wildman–Crippen LogP) is 2.56. The first-order chi connectivity index (χ1) is 7.36. The molecule has 0 aliphatic rings. The van der Waals surface area contributed by atoms with E-state index in [2.05, 4.69) is 0 Å². The van der Waals surface area contributed by atoms with Crippen molar-refractivity contribution in [3.05, 3.63) is 35.6 Å². The molecule has 0 radical (unpaired) electrons. The number of hydrogen-bond donors (Lipinski definition) is 0. The topological polar surface area (TPSA) is 40.9 Å². The van der Waals surface area contributed by atoms with Crippen LogP contribution in [0.5, 0.6) is 0 Å². The van der Waals surface area contributed by atoms with Gasteiger partial charge in [-0.2, -0.15) is 18.4 Å². The van der Waals surface area contributed by atoms with Crippen LogP contribution in [0.3, 0.4) is 0 Å². The molecular formula is C10H5F4NO. The molecule has 0 N–H and O–H groups in total. The number of alkyl halides is 3. The Morgan fingerprint density at radius 2 is 2.00 bits per heavy atom. The summed E-state index contributed by atoms with van der Waals surface area (Å²) in [4.78, 5) is 10.8. The molecule has 0 bridgehead atoms. The zero-order valence-electron chi connectivity index (χ0n) is 7.75. The second-order valence-corrected chi connectivity index (χ2v) is 2.98. The molecule has 0 heterocycles. The fourth-order valence-electron chi connectivity index (χ4n) is 1.13. The summed E-state index contributed by atoms with van der Waals surface area (Å²) in [6, 6.07) is 5.19. The van der Waals surface area contributed by atoms with Crippen LogP contribution in [0.4, 0.5) is 17.6 Å². The number of carbonyl (C=O) groups is 1. The molecule has 2 nitrogen and oxygen atoms in total. The van der Waals surface area contributed by atoms with E-state index in [0.717, 1.165) is 24.3 Å². The molecule has 0 aliphatic heterocycles. The summed E-state index contributed by atoms with van der Waals surface area (Å²) in [5.74, 6) is -5.01. The Labute approximate surface area is 88.1 Å². The molecule has 1 aromatic carbocycles. The summed E-state index contributed by atoms with van der Waals surface area (Å²) in [6.07, 6.45) is -5.10. The highest BCUT2D eigenvalue weighted by molar-refractivity contribution is 5.92. The fraction of sp³-hybridized carbons (Fsp3) is 0.200. The van der Waals surface area contributed by atoms with Crippen molar-refractivity contribution in [2.45, 2.75) is 12.1 Å². The van der Waals surface area contributed by atoms with E-state index in [-0.39, 0.29) is 5.56 Å². The van der Waals surface area contributed by atoms with Crippen LogP contribution in [0, 0.1) is 17.1 Å². The lowest BCUT2D eigenvalue weighted by molar-refractivity contribution is -0.171. The van der Waals surface area contributed by atoms with Gasteiger partial charge in [-0.05, 0) is 17.7 Å². The quantitative estimate of drug-likeness (QED) is 0.734. The summed E-state index contributed by atoms with van der Waals surface area (Å²) in [5, 5.41) is 8.51. The molecule has 0 spiro atoms. The lowest BCUT2D eigenvalue weighted by Gasteiger charge is -2.10. The Balaban J connectivity index is 3.10. The van der Waals surface area contributed by atoms with E-state index in [1.807, 2.05) is 0 Å². The molecule has 0 aromatic heterocycles. The number of carbonyl (C=O) groups excluding carboxylic acids is 1. The number of hydrogen-bond acceptors (Lipinski definition) is 2. The maximum Gasteiger partial charge on any atom is 0.451 e. The molecule has 84 valence electrons. The molecule has 6 heteroatoms. The third kappa shape index (κ3) is 2.57. The molecule has 0 saturated heterocycles. The molecule has 1 rings (SSSR count). The minimum atomic E-state index is -5.10. The molecular weight excluding hydrogens is 226 g/mol. The first-order valence-electron chi connectivity index (χ1n) is 4.12. The van der Waals surface area contributed by atoms with Crippen LogP contribution in [0.15, 0.2) is 24.3 Å². The van der Waals surface area contributed by atoms with Crippen LogP contribution in [0.1, 0.15) is 11.5 Å². The molecule has 0 aliphatic carbocycles. The summed E-state index contributed by atoms with van der Waals surface area (Å²) in [5.41, 5.74) is -0.301. The lowest BCUT2D eigenvalue weighted by atomic mass is 9.96. The number of benzene rings is 1. The smallest absolute Gasteiger partial charge is 0.288 e. The highest BCUT2D eigenvalue weighted by Crippen LogP contribution is 2.27. The predicted molar refractivity (Wildman–Crippen MR) is 45.8 cm³/mol. The number of nitrogens with zero attached hydrogens (tertiary/aromatic N) is 1. The van der Waals surface area contributed by atoms with Crippen molar-refractivity contribution in [2.24, 2.45) is 0 Å². The monoisotopic (exact) mass is 231 g/mol. The molecule has 1 aromatic rings. The average molecular weight is 231 g/mol. The maximum absolute atomic E-state index is 12.7. The number of halogens is 4. The van der Waals surface area contributed by atoms with Gasteiger partial charge in [-0.3, -0.25) is 4.79 Å². The number of ketones is 1. The van der Waals surface area contributed by atoms with Crippen molar-refractivity contribution in [3.63, 3.8) is 0 Å². The SMILES string of the molecule is N#C[C@@H](C(=O)C(F)(F)F)c1cccc(F)c1. The van der Waals surface area contributed by atoms with Crippen molar-refractivity contribution < 1.29 is 22.4 Å². The molecule has 0 unspecified atom stereocenters. The lowest BCUT2D eigenvalue weighted by Crippen LogP contribution is -2.28. The van der Waals surface area contributed by atoms with Gasteiger partial charge in [0.25, 0.3) is 5.78 Å². The molecule has 0 amide bonds. The van der Waals surface area contributed by atoms with E-state index in [4.69, 9.17) is 5.26 Å². The second kappa shape index (κ2) is 4.31. The van der Waals surface area contributed by atoms with E-state index >= 15 is 0 Å². The van der Waals surface area contributed by atoms with E-state index in [9.17, 15) is 22.4 Å². The number of nitriles is 1. The number of Topliss-reactive ketones (excluding diaryl/α,β-unsaturated/α-hetero) is 1. The Hall–Kier alpha value is -1.90. The Bertz CT molecular complexity index is 447. The van der Waals surface area contributed by atoms with Gasteiger partial charge in [0.2, 0.25) is 0 Å². The second-order valence-electron chi connectivity index (χ2n) is 2.98. The van der Waals surface area contributed by atoms with Gasteiger partial charge < -0.3 is 0 Å². The van der Waals surface area contributed by atoms with Gasteiger partial charge in [-0.15, -0.1) is 0 Å². The summed E-state index contributed by atoms with van der Waals surface area (Å²) < 4.78 is 49.0. The van der Waals surface area contributed by atoms with E-state index in [1.165, 1.54) is 6.07 Å². The Kier molecular flexibility index (Phi) is 3.28. The first kappa shape index (κ1) is 12.2. The third-order valence-electron chi connectivity index (χ3n) is 1.85. The van der Waals surface area contributed by atoms with E-state index in [0.29, 0.717) is 0 Å². The maximum atomic E-state index is 12.7. The summed E-state index contributed by atoms with van der Waals surface area (Å²) in [7, 11) is 0. The van der Waals surface area contributed by atoms with Crippen molar-refractivity contribution in [1.82, 2.24) is 0 Å². The average Bonchev–Trinajstić information content (AvgIpc) is 2.17. The van der Waals surface area contributed by atoms with Gasteiger partial charge in [0, 0.05) is 0 Å². The minimum absolute atomic E-state index is 0.301. The largest absolute Gasteiger partial charge is 0.451 e. The van der Waals surface area contributed by atoms with Gasteiger partial charge in [0.05, 0.1) is 6.07 Å². The van der Waals surface area contributed by atoms with Crippen LogP contribution in [0.2, 0.25) is 0 Å².